The van der Waals surface area contributed by atoms with Crippen LogP contribution < -0.4 is 5.32 Å². The first-order chi connectivity index (χ1) is 9.40. The fourth-order valence-corrected chi connectivity index (χ4v) is 1.86. The predicted octanol–water partition coefficient (Wildman–Crippen LogP) is 1.77. The molecule has 0 fully saturated rings. The molecule has 2 heterocycles. The Labute approximate surface area is 110 Å². The standard InChI is InChI=1S/C13H12N6/c1-14-13-12(15-7-8-16-13)11-9-17-18-19(11)10-5-3-2-4-6-10/h2-9H,1H3,(H,14,16). The zero-order valence-electron chi connectivity index (χ0n) is 10.4. The van der Waals surface area contributed by atoms with E-state index in [1.165, 1.54) is 0 Å². The topological polar surface area (TPSA) is 68.5 Å². The molecule has 0 spiro atoms. The molecule has 0 bridgehead atoms. The van der Waals surface area contributed by atoms with Gasteiger partial charge in [-0.2, -0.15) is 0 Å². The summed E-state index contributed by atoms with van der Waals surface area (Å²) in [4.78, 5) is 8.60. The monoisotopic (exact) mass is 252 g/mol. The molecule has 0 saturated carbocycles. The molecule has 0 atom stereocenters. The van der Waals surface area contributed by atoms with E-state index in [2.05, 4.69) is 25.6 Å². The SMILES string of the molecule is CNc1nccnc1-c1cnnn1-c1ccccc1. The van der Waals surface area contributed by atoms with Crippen molar-refractivity contribution in [3.05, 3.63) is 48.9 Å². The van der Waals surface area contributed by atoms with E-state index in [0.29, 0.717) is 5.82 Å². The van der Waals surface area contributed by atoms with E-state index in [1.807, 2.05) is 37.4 Å². The number of aromatic nitrogens is 5. The molecule has 0 aliphatic rings. The van der Waals surface area contributed by atoms with E-state index >= 15 is 0 Å². The normalized spacial score (nSPS) is 10.4. The quantitative estimate of drug-likeness (QED) is 0.769. The molecule has 0 amide bonds. The molecule has 6 heteroatoms. The highest BCUT2D eigenvalue weighted by Gasteiger charge is 2.13. The number of hydrogen-bond acceptors (Lipinski definition) is 5. The lowest BCUT2D eigenvalue weighted by molar-refractivity contribution is 0.806. The molecule has 6 nitrogen and oxygen atoms in total. The van der Waals surface area contributed by atoms with Crippen molar-refractivity contribution >= 4 is 5.82 Å². The number of anilines is 1. The van der Waals surface area contributed by atoms with Crippen molar-refractivity contribution in [1.29, 1.82) is 0 Å². The molecular weight excluding hydrogens is 240 g/mol. The molecule has 0 saturated heterocycles. The van der Waals surface area contributed by atoms with Crippen molar-refractivity contribution in [3.8, 4) is 17.1 Å². The average molecular weight is 252 g/mol. The van der Waals surface area contributed by atoms with Crippen molar-refractivity contribution in [3.63, 3.8) is 0 Å². The smallest absolute Gasteiger partial charge is 0.154 e. The van der Waals surface area contributed by atoms with Crippen LogP contribution in [0.5, 0.6) is 0 Å². The second kappa shape index (κ2) is 4.85. The molecular formula is C13H12N6. The van der Waals surface area contributed by atoms with E-state index in [0.717, 1.165) is 17.1 Å². The predicted molar refractivity (Wildman–Crippen MR) is 71.9 cm³/mol. The van der Waals surface area contributed by atoms with Gasteiger partial charge in [-0.3, -0.25) is 0 Å². The lowest BCUT2D eigenvalue weighted by Crippen LogP contribution is -2.03. The molecule has 0 aliphatic heterocycles. The Bertz CT molecular complexity index is 676. The minimum absolute atomic E-state index is 0.696. The Balaban J connectivity index is 2.15. The lowest BCUT2D eigenvalue weighted by Gasteiger charge is -2.08. The highest BCUT2D eigenvalue weighted by molar-refractivity contribution is 5.68. The van der Waals surface area contributed by atoms with Gasteiger partial charge in [0.05, 0.1) is 11.9 Å². The lowest BCUT2D eigenvalue weighted by atomic mass is 10.2. The van der Waals surface area contributed by atoms with Crippen LogP contribution in [0.15, 0.2) is 48.9 Å². The second-order valence-electron chi connectivity index (χ2n) is 3.87. The first-order valence-electron chi connectivity index (χ1n) is 5.85. The van der Waals surface area contributed by atoms with Crippen LogP contribution in [0.1, 0.15) is 0 Å². The van der Waals surface area contributed by atoms with Gasteiger partial charge in [0.15, 0.2) is 5.82 Å². The van der Waals surface area contributed by atoms with Crippen LogP contribution in [0.4, 0.5) is 5.82 Å². The Morgan fingerprint density at radius 2 is 1.84 bits per heavy atom. The Morgan fingerprint density at radius 3 is 2.63 bits per heavy atom. The minimum atomic E-state index is 0.696. The molecule has 2 aromatic heterocycles. The third-order valence-corrected chi connectivity index (χ3v) is 2.73. The number of nitrogens with zero attached hydrogens (tertiary/aromatic N) is 5. The number of rotatable bonds is 3. The third kappa shape index (κ3) is 2.03. The summed E-state index contributed by atoms with van der Waals surface area (Å²) in [7, 11) is 1.81. The van der Waals surface area contributed by atoms with Crippen molar-refractivity contribution in [2.45, 2.75) is 0 Å². The molecule has 0 unspecified atom stereocenters. The average Bonchev–Trinajstić information content (AvgIpc) is 2.97. The van der Waals surface area contributed by atoms with Crippen molar-refractivity contribution in [1.82, 2.24) is 25.0 Å². The van der Waals surface area contributed by atoms with Gasteiger partial charge in [0.25, 0.3) is 0 Å². The van der Waals surface area contributed by atoms with Gasteiger partial charge in [-0.1, -0.05) is 23.4 Å². The van der Waals surface area contributed by atoms with Crippen LogP contribution in [0.2, 0.25) is 0 Å². The number of hydrogen-bond donors (Lipinski definition) is 1. The summed E-state index contributed by atoms with van der Waals surface area (Å²) in [5.74, 6) is 0.696. The Kier molecular flexibility index (Phi) is 2.89. The largest absolute Gasteiger partial charge is 0.371 e. The van der Waals surface area contributed by atoms with Gasteiger partial charge in [0.1, 0.15) is 11.4 Å². The van der Waals surface area contributed by atoms with Crippen molar-refractivity contribution < 1.29 is 0 Å². The summed E-state index contributed by atoms with van der Waals surface area (Å²) in [5.41, 5.74) is 2.45. The van der Waals surface area contributed by atoms with E-state index in [-0.39, 0.29) is 0 Å². The zero-order valence-corrected chi connectivity index (χ0v) is 10.4. The first-order valence-corrected chi connectivity index (χ1v) is 5.85. The van der Waals surface area contributed by atoms with Gasteiger partial charge in [0, 0.05) is 19.4 Å². The fraction of sp³-hybridized carbons (Fsp3) is 0.0769. The summed E-state index contributed by atoms with van der Waals surface area (Å²) in [6.45, 7) is 0. The van der Waals surface area contributed by atoms with Gasteiger partial charge < -0.3 is 5.32 Å². The zero-order chi connectivity index (χ0) is 13.1. The molecule has 0 aliphatic carbocycles. The molecule has 19 heavy (non-hydrogen) atoms. The van der Waals surface area contributed by atoms with Crippen LogP contribution in [-0.2, 0) is 0 Å². The maximum absolute atomic E-state index is 4.35. The van der Waals surface area contributed by atoms with Gasteiger partial charge in [-0.25, -0.2) is 14.6 Å². The molecule has 94 valence electrons. The van der Waals surface area contributed by atoms with Gasteiger partial charge in [-0.15, -0.1) is 5.10 Å². The molecule has 0 radical (unpaired) electrons. The maximum Gasteiger partial charge on any atom is 0.154 e. The van der Waals surface area contributed by atoms with Crippen LogP contribution in [0, 0.1) is 0 Å². The summed E-state index contributed by atoms with van der Waals surface area (Å²) in [6.07, 6.45) is 4.97. The van der Waals surface area contributed by atoms with Crippen LogP contribution in [-0.4, -0.2) is 32.0 Å². The van der Waals surface area contributed by atoms with Crippen LogP contribution in [0.3, 0.4) is 0 Å². The summed E-state index contributed by atoms with van der Waals surface area (Å²) in [5, 5.41) is 11.1. The van der Waals surface area contributed by atoms with Crippen molar-refractivity contribution in [2.75, 3.05) is 12.4 Å². The van der Waals surface area contributed by atoms with Crippen molar-refractivity contribution in [2.24, 2.45) is 0 Å². The van der Waals surface area contributed by atoms with E-state index in [9.17, 15) is 0 Å². The summed E-state index contributed by atoms with van der Waals surface area (Å²) in [6, 6.07) is 9.80. The third-order valence-electron chi connectivity index (χ3n) is 2.73. The van der Waals surface area contributed by atoms with Crippen LogP contribution >= 0.6 is 0 Å². The minimum Gasteiger partial charge on any atom is -0.371 e. The summed E-state index contributed by atoms with van der Waals surface area (Å²) >= 11 is 0. The van der Waals surface area contributed by atoms with Gasteiger partial charge in [-0.05, 0) is 12.1 Å². The van der Waals surface area contributed by atoms with E-state index in [1.54, 1.807) is 23.3 Å². The molecule has 3 aromatic rings. The van der Waals surface area contributed by atoms with Crippen LogP contribution in [0.25, 0.3) is 17.1 Å². The van der Waals surface area contributed by atoms with Gasteiger partial charge >= 0.3 is 0 Å². The van der Waals surface area contributed by atoms with Gasteiger partial charge in [0.2, 0.25) is 0 Å². The molecule has 1 N–H and O–H groups in total. The second-order valence-corrected chi connectivity index (χ2v) is 3.87. The van der Waals surface area contributed by atoms with E-state index in [4.69, 9.17) is 0 Å². The first kappa shape index (κ1) is 11.3. The number of benzene rings is 1. The molecule has 1 aromatic carbocycles. The Morgan fingerprint density at radius 1 is 1.05 bits per heavy atom. The Hall–Kier alpha value is -2.76. The molecule has 3 rings (SSSR count). The summed E-state index contributed by atoms with van der Waals surface area (Å²) < 4.78 is 1.74. The highest BCUT2D eigenvalue weighted by atomic mass is 15.4. The highest BCUT2D eigenvalue weighted by Crippen LogP contribution is 2.24. The maximum atomic E-state index is 4.35. The fourth-order valence-electron chi connectivity index (χ4n) is 1.86. The number of nitrogens with one attached hydrogen (secondary N) is 1. The van der Waals surface area contributed by atoms with E-state index < -0.39 is 0 Å². The number of para-hydroxylation sites is 1.